The van der Waals surface area contributed by atoms with E-state index in [1.165, 1.54) is 0 Å². The van der Waals surface area contributed by atoms with Crippen molar-refractivity contribution in [2.24, 2.45) is 0 Å². The van der Waals surface area contributed by atoms with Gasteiger partial charge in [-0.3, -0.25) is 14.5 Å². The minimum atomic E-state index is -0.0902. The fourth-order valence-corrected chi connectivity index (χ4v) is 3.41. The van der Waals surface area contributed by atoms with Crippen LogP contribution in [-0.2, 0) is 17.9 Å². The summed E-state index contributed by atoms with van der Waals surface area (Å²) in [5.41, 5.74) is 1.78. The Morgan fingerprint density at radius 2 is 1.93 bits per heavy atom. The van der Waals surface area contributed by atoms with Gasteiger partial charge in [-0.2, -0.15) is 5.10 Å². The van der Waals surface area contributed by atoms with Crippen LogP contribution in [0.4, 0.5) is 0 Å². The number of benzene rings is 2. The number of carbonyl (C=O) groups excluding carboxylic acids is 1. The maximum Gasteiger partial charge on any atom is 0.242 e. The van der Waals surface area contributed by atoms with Gasteiger partial charge in [0, 0.05) is 24.2 Å². The number of nitrogens with one attached hydrogen (secondary N) is 1. The molecule has 1 amide bonds. The van der Waals surface area contributed by atoms with Crippen LogP contribution in [0.3, 0.4) is 0 Å². The number of H-pyrrole nitrogens is 1. The number of halogens is 1. The smallest absolute Gasteiger partial charge is 0.242 e. The van der Waals surface area contributed by atoms with E-state index < -0.39 is 0 Å². The Morgan fingerprint density at radius 3 is 2.69 bits per heavy atom. The molecule has 29 heavy (non-hydrogen) atoms. The third-order valence-corrected chi connectivity index (χ3v) is 5.17. The highest BCUT2D eigenvalue weighted by Crippen LogP contribution is 2.31. The molecule has 9 heteroatoms. The van der Waals surface area contributed by atoms with Crippen LogP contribution in [0.2, 0.25) is 5.02 Å². The van der Waals surface area contributed by atoms with Crippen molar-refractivity contribution in [1.82, 2.24) is 19.7 Å². The predicted octanol–water partition coefficient (Wildman–Crippen LogP) is 3.69. The molecule has 0 fully saturated rings. The Bertz CT molecular complexity index is 1090. The highest BCUT2D eigenvalue weighted by Gasteiger charge is 2.17. The molecule has 1 aromatic heterocycles. The number of carbonyl (C=O) groups is 1. The molecule has 0 saturated heterocycles. The SMILES string of the molecule is CN(Cc1ccc2c(c1)OCCO2)C(=O)Cn1c(-c2ccc(Cl)cc2)n[nH]c1=S. The van der Waals surface area contributed by atoms with Crippen LogP contribution in [0.15, 0.2) is 42.5 Å². The zero-order valence-corrected chi connectivity index (χ0v) is 17.3. The zero-order valence-electron chi connectivity index (χ0n) is 15.7. The van der Waals surface area contributed by atoms with E-state index in [1.807, 2.05) is 30.3 Å². The van der Waals surface area contributed by atoms with Crippen molar-refractivity contribution in [3.05, 3.63) is 57.8 Å². The highest BCUT2D eigenvalue weighted by molar-refractivity contribution is 7.71. The molecule has 1 aliphatic rings. The van der Waals surface area contributed by atoms with E-state index in [4.69, 9.17) is 33.3 Å². The van der Waals surface area contributed by atoms with Crippen molar-refractivity contribution in [2.75, 3.05) is 20.3 Å². The summed E-state index contributed by atoms with van der Waals surface area (Å²) in [6.45, 7) is 1.59. The molecule has 1 N–H and O–H groups in total. The topological polar surface area (TPSA) is 72.4 Å². The van der Waals surface area contributed by atoms with E-state index >= 15 is 0 Å². The van der Waals surface area contributed by atoms with E-state index in [-0.39, 0.29) is 12.5 Å². The van der Waals surface area contributed by atoms with E-state index in [1.54, 1.807) is 28.6 Å². The molecular formula is C20H19ClN4O3S. The van der Waals surface area contributed by atoms with Crippen LogP contribution < -0.4 is 9.47 Å². The van der Waals surface area contributed by atoms with Gasteiger partial charge >= 0.3 is 0 Å². The lowest BCUT2D eigenvalue weighted by Crippen LogP contribution is -2.30. The van der Waals surface area contributed by atoms with Gasteiger partial charge in [-0.25, -0.2) is 0 Å². The molecule has 4 rings (SSSR count). The molecule has 7 nitrogen and oxygen atoms in total. The Morgan fingerprint density at radius 1 is 1.21 bits per heavy atom. The average Bonchev–Trinajstić information content (AvgIpc) is 3.08. The Kier molecular flexibility index (Phi) is 5.55. The number of nitrogens with zero attached hydrogens (tertiary/aromatic N) is 3. The first-order valence-corrected chi connectivity index (χ1v) is 9.83. The fraction of sp³-hybridized carbons (Fsp3) is 0.250. The van der Waals surface area contributed by atoms with Gasteiger partial charge in [0.25, 0.3) is 0 Å². The maximum absolute atomic E-state index is 12.8. The fourth-order valence-electron chi connectivity index (χ4n) is 3.09. The van der Waals surface area contributed by atoms with Crippen molar-refractivity contribution in [2.45, 2.75) is 13.1 Å². The third-order valence-electron chi connectivity index (χ3n) is 4.61. The number of ether oxygens (including phenoxy) is 2. The second kappa shape index (κ2) is 8.26. The van der Waals surface area contributed by atoms with Gasteiger partial charge in [-0.15, -0.1) is 0 Å². The number of amides is 1. The van der Waals surface area contributed by atoms with Crippen molar-refractivity contribution in [1.29, 1.82) is 0 Å². The predicted molar refractivity (Wildman–Crippen MR) is 112 cm³/mol. The quantitative estimate of drug-likeness (QED) is 0.625. The average molecular weight is 431 g/mol. The van der Waals surface area contributed by atoms with Gasteiger partial charge in [0.2, 0.25) is 5.91 Å². The maximum atomic E-state index is 12.8. The number of likely N-dealkylation sites (N-methyl/N-ethyl adjacent to an activating group) is 1. The van der Waals surface area contributed by atoms with Gasteiger partial charge in [0.05, 0.1) is 0 Å². The number of fused-ring (bicyclic) bond motifs is 1. The van der Waals surface area contributed by atoms with Crippen molar-refractivity contribution in [3.8, 4) is 22.9 Å². The molecule has 1 aliphatic heterocycles. The molecule has 0 saturated carbocycles. The Labute approximate surface area is 177 Å². The first-order valence-electron chi connectivity index (χ1n) is 9.05. The molecule has 0 radical (unpaired) electrons. The number of hydrogen-bond donors (Lipinski definition) is 1. The van der Waals surface area contributed by atoms with Crippen LogP contribution in [0.5, 0.6) is 11.5 Å². The van der Waals surface area contributed by atoms with Crippen LogP contribution in [-0.4, -0.2) is 45.8 Å². The molecule has 0 atom stereocenters. The summed E-state index contributed by atoms with van der Waals surface area (Å²) in [4.78, 5) is 14.5. The second-order valence-corrected chi connectivity index (χ2v) is 7.50. The summed E-state index contributed by atoms with van der Waals surface area (Å²) in [5, 5.41) is 7.65. The molecular weight excluding hydrogens is 412 g/mol. The summed E-state index contributed by atoms with van der Waals surface area (Å²) in [6, 6.07) is 12.9. The third kappa shape index (κ3) is 4.28. The number of rotatable bonds is 5. The van der Waals surface area contributed by atoms with Crippen LogP contribution in [0.1, 0.15) is 5.56 Å². The van der Waals surface area contributed by atoms with Gasteiger partial charge in [-0.05, 0) is 54.2 Å². The number of aromatic nitrogens is 3. The van der Waals surface area contributed by atoms with Crippen molar-refractivity contribution >= 4 is 29.7 Å². The lowest BCUT2D eigenvalue weighted by Gasteiger charge is -2.21. The van der Waals surface area contributed by atoms with Gasteiger partial charge in [-0.1, -0.05) is 17.7 Å². The van der Waals surface area contributed by atoms with Gasteiger partial charge < -0.3 is 14.4 Å². The zero-order chi connectivity index (χ0) is 20.4. The molecule has 0 unspecified atom stereocenters. The van der Waals surface area contributed by atoms with E-state index in [0.717, 1.165) is 16.9 Å². The van der Waals surface area contributed by atoms with E-state index in [0.29, 0.717) is 41.1 Å². The van der Waals surface area contributed by atoms with E-state index in [2.05, 4.69) is 10.2 Å². The van der Waals surface area contributed by atoms with E-state index in [9.17, 15) is 4.79 Å². The molecule has 3 aromatic rings. The Hall–Kier alpha value is -2.84. The molecule has 0 bridgehead atoms. The lowest BCUT2D eigenvalue weighted by atomic mass is 10.2. The van der Waals surface area contributed by atoms with Crippen LogP contribution in [0, 0.1) is 4.77 Å². The Balaban J connectivity index is 1.49. The normalized spacial score (nSPS) is 12.6. The molecule has 0 spiro atoms. The van der Waals surface area contributed by atoms with Crippen LogP contribution in [0.25, 0.3) is 11.4 Å². The first-order chi connectivity index (χ1) is 14.0. The summed E-state index contributed by atoms with van der Waals surface area (Å²) in [5.74, 6) is 1.93. The number of hydrogen-bond acceptors (Lipinski definition) is 5. The lowest BCUT2D eigenvalue weighted by molar-refractivity contribution is -0.131. The molecule has 2 heterocycles. The second-order valence-electron chi connectivity index (χ2n) is 6.67. The summed E-state index contributed by atoms with van der Waals surface area (Å²) >= 11 is 11.3. The summed E-state index contributed by atoms with van der Waals surface area (Å²) in [7, 11) is 1.75. The minimum Gasteiger partial charge on any atom is -0.486 e. The largest absolute Gasteiger partial charge is 0.486 e. The highest BCUT2D eigenvalue weighted by atomic mass is 35.5. The summed E-state index contributed by atoms with van der Waals surface area (Å²) < 4.78 is 13.2. The standard InChI is InChI=1S/C20H19ClN4O3S/c1-24(11-13-2-7-16-17(10-13)28-9-8-27-16)18(26)12-25-19(22-23-20(25)29)14-3-5-15(21)6-4-14/h2-7,10H,8-9,11-12H2,1H3,(H,23,29). The molecule has 0 aliphatic carbocycles. The van der Waals surface area contributed by atoms with Gasteiger partial charge in [0.1, 0.15) is 19.8 Å². The molecule has 150 valence electrons. The monoisotopic (exact) mass is 430 g/mol. The number of aromatic amines is 1. The van der Waals surface area contributed by atoms with Gasteiger partial charge in [0.15, 0.2) is 22.1 Å². The first kappa shape index (κ1) is 19.5. The molecule has 2 aromatic carbocycles. The van der Waals surface area contributed by atoms with Crippen molar-refractivity contribution in [3.63, 3.8) is 0 Å². The van der Waals surface area contributed by atoms with Crippen LogP contribution >= 0.6 is 23.8 Å². The van der Waals surface area contributed by atoms with Crippen molar-refractivity contribution < 1.29 is 14.3 Å². The summed E-state index contributed by atoms with van der Waals surface area (Å²) in [6.07, 6.45) is 0. The minimum absolute atomic E-state index is 0.0777.